The van der Waals surface area contributed by atoms with Crippen LogP contribution in [0.3, 0.4) is 0 Å². The van der Waals surface area contributed by atoms with Crippen LogP contribution in [0.15, 0.2) is 24.3 Å². The SMILES string of the molecule is CC1(C)CCC(CCCn2c3c(n[n+]2[O-])C(=O)c2ccccc2C3=O)NC1. The van der Waals surface area contributed by atoms with Gasteiger partial charge in [0.2, 0.25) is 17.3 Å². The molecule has 27 heavy (non-hydrogen) atoms. The second-order valence-corrected chi connectivity index (χ2v) is 8.30. The molecule has 1 aromatic heterocycles. The third-order valence-electron chi connectivity index (χ3n) is 5.68. The van der Waals surface area contributed by atoms with Gasteiger partial charge in [-0.25, -0.2) is 0 Å². The van der Waals surface area contributed by atoms with E-state index in [1.807, 2.05) is 0 Å². The van der Waals surface area contributed by atoms with Crippen molar-refractivity contribution >= 4 is 11.6 Å². The molecule has 1 N–H and O–H groups in total. The van der Waals surface area contributed by atoms with Crippen LogP contribution in [0.5, 0.6) is 0 Å². The zero-order valence-electron chi connectivity index (χ0n) is 15.7. The molecule has 2 aromatic rings. The van der Waals surface area contributed by atoms with Crippen LogP contribution < -0.4 is 10.3 Å². The Balaban J connectivity index is 1.50. The summed E-state index contributed by atoms with van der Waals surface area (Å²) in [6, 6.07) is 7.07. The van der Waals surface area contributed by atoms with E-state index >= 15 is 0 Å². The van der Waals surface area contributed by atoms with Crippen LogP contribution in [0, 0.1) is 10.6 Å². The maximum Gasteiger partial charge on any atom is 0.220 e. The van der Waals surface area contributed by atoms with E-state index in [9.17, 15) is 14.8 Å². The standard InChI is InChI=1S/C20H24N4O3/c1-20(2)10-9-13(21-12-20)6-5-11-23-17-16(22-24(23)27)18(25)14-7-3-4-8-15(14)19(17)26/h3-4,7-8,13,21H,5-6,9-12H2,1-2H3. The molecule has 0 radical (unpaired) electrons. The van der Waals surface area contributed by atoms with Gasteiger partial charge < -0.3 is 10.5 Å². The molecule has 1 fully saturated rings. The van der Waals surface area contributed by atoms with Gasteiger partial charge in [0.15, 0.2) is 5.69 Å². The second-order valence-electron chi connectivity index (χ2n) is 8.30. The first-order valence-corrected chi connectivity index (χ1v) is 9.50. The van der Waals surface area contributed by atoms with Crippen LogP contribution in [0.25, 0.3) is 0 Å². The molecular formula is C20H24N4O3. The molecule has 0 amide bonds. The summed E-state index contributed by atoms with van der Waals surface area (Å²) < 4.78 is 1.30. The number of hydrogen-bond acceptors (Lipinski definition) is 5. The van der Waals surface area contributed by atoms with Gasteiger partial charge in [0.05, 0.1) is 6.54 Å². The lowest BCUT2D eigenvalue weighted by atomic mass is 9.82. The number of carbonyl (C=O) groups excluding carboxylic acids is 2. The summed E-state index contributed by atoms with van der Waals surface area (Å²) in [5.74, 6) is -0.667. The van der Waals surface area contributed by atoms with Gasteiger partial charge in [-0.05, 0) is 31.1 Å². The maximum absolute atomic E-state index is 12.8. The Kier molecular flexibility index (Phi) is 4.34. The Bertz CT molecular complexity index is 906. The smallest absolute Gasteiger partial charge is 0.220 e. The predicted molar refractivity (Wildman–Crippen MR) is 98.5 cm³/mol. The molecule has 0 saturated carbocycles. The number of benzene rings is 1. The van der Waals surface area contributed by atoms with Crippen LogP contribution in [-0.2, 0) is 6.54 Å². The van der Waals surface area contributed by atoms with Gasteiger partial charge in [-0.1, -0.05) is 38.1 Å². The van der Waals surface area contributed by atoms with E-state index in [1.165, 1.54) is 11.1 Å². The van der Waals surface area contributed by atoms with Crippen molar-refractivity contribution in [3.8, 4) is 0 Å². The molecule has 142 valence electrons. The van der Waals surface area contributed by atoms with E-state index < -0.39 is 0 Å². The summed E-state index contributed by atoms with van der Waals surface area (Å²) >= 11 is 0. The number of hydrogen-bond donors (Lipinski definition) is 1. The van der Waals surface area contributed by atoms with Gasteiger partial charge in [0.1, 0.15) is 0 Å². The number of piperidine rings is 1. The van der Waals surface area contributed by atoms with Crippen LogP contribution in [0.4, 0.5) is 0 Å². The van der Waals surface area contributed by atoms with E-state index in [2.05, 4.69) is 24.3 Å². The monoisotopic (exact) mass is 368 g/mol. The highest BCUT2D eigenvalue weighted by Crippen LogP contribution is 2.28. The Labute approximate surface area is 157 Å². The van der Waals surface area contributed by atoms with Crippen molar-refractivity contribution < 1.29 is 14.5 Å². The van der Waals surface area contributed by atoms with Gasteiger partial charge in [0.25, 0.3) is 0 Å². The van der Waals surface area contributed by atoms with Gasteiger partial charge in [-0.2, -0.15) is 0 Å². The first-order chi connectivity index (χ1) is 12.9. The van der Waals surface area contributed by atoms with Crippen molar-refractivity contribution in [1.29, 1.82) is 0 Å². The van der Waals surface area contributed by atoms with Crippen LogP contribution in [0.1, 0.15) is 71.6 Å². The molecule has 2 aliphatic rings. The summed E-state index contributed by atoms with van der Waals surface area (Å²) in [5.41, 5.74) is 1.07. The lowest BCUT2D eigenvalue weighted by molar-refractivity contribution is -0.749. The maximum atomic E-state index is 12.8. The zero-order chi connectivity index (χ0) is 19.2. The normalized spacial score (nSPS) is 21.0. The average Bonchev–Trinajstić information content (AvgIpc) is 2.98. The second kappa shape index (κ2) is 6.56. The lowest BCUT2D eigenvalue weighted by Gasteiger charge is -2.35. The highest BCUT2D eigenvalue weighted by Gasteiger charge is 2.39. The van der Waals surface area contributed by atoms with Crippen molar-refractivity contribution in [3.63, 3.8) is 0 Å². The molecule has 7 heteroatoms. The summed E-state index contributed by atoms with van der Waals surface area (Å²) in [7, 11) is 0. The lowest BCUT2D eigenvalue weighted by Crippen LogP contribution is -2.44. The fourth-order valence-corrected chi connectivity index (χ4v) is 4.01. The van der Waals surface area contributed by atoms with Crippen LogP contribution >= 0.6 is 0 Å². The molecule has 7 nitrogen and oxygen atoms in total. The first kappa shape index (κ1) is 17.9. The number of carbonyl (C=O) groups is 2. The van der Waals surface area contributed by atoms with Gasteiger partial charge >= 0.3 is 0 Å². The minimum absolute atomic E-state index is 0.0359. The van der Waals surface area contributed by atoms with Crippen molar-refractivity contribution in [1.82, 2.24) is 15.1 Å². The average molecular weight is 368 g/mol. The van der Waals surface area contributed by atoms with E-state index in [0.717, 1.165) is 25.8 Å². The topological polar surface area (TPSA) is 90.9 Å². The number of rotatable bonds is 4. The highest BCUT2D eigenvalue weighted by atomic mass is 16.5. The molecule has 1 aromatic carbocycles. The largest absolute Gasteiger partial charge is 0.571 e. The Morgan fingerprint density at radius 2 is 1.96 bits per heavy atom. The quantitative estimate of drug-likeness (QED) is 0.561. The van der Waals surface area contributed by atoms with E-state index in [-0.39, 0.29) is 23.0 Å². The molecule has 1 atom stereocenters. The molecule has 0 spiro atoms. The summed E-state index contributed by atoms with van der Waals surface area (Å²) in [6.07, 6.45) is 3.95. The van der Waals surface area contributed by atoms with Crippen LogP contribution in [0.2, 0.25) is 0 Å². The zero-order valence-corrected chi connectivity index (χ0v) is 15.7. The molecule has 2 heterocycles. The van der Waals surface area contributed by atoms with Crippen molar-refractivity contribution in [2.45, 2.75) is 52.1 Å². The molecule has 1 unspecified atom stereocenters. The van der Waals surface area contributed by atoms with Crippen LogP contribution in [-0.4, -0.2) is 33.9 Å². The Hall–Kier alpha value is -2.54. The molecule has 0 bridgehead atoms. The molecular weight excluding hydrogens is 344 g/mol. The van der Waals surface area contributed by atoms with Crippen molar-refractivity contribution in [3.05, 3.63) is 52.0 Å². The van der Waals surface area contributed by atoms with Gasteiger partial charge in [-0.3, -0.25) is 9.59 Å². The summed E-state index contributed by atoms with van der Waals surface area (Å²) in [5, 5.41) is 19.6. The minimum Gasteiger partial charge on any atom is -0.571 e. The van der Waals surface area contributed by atoms with Crippen molar-refractivity contribution in [2.75, 3.05) is 6.54 Å². The summed E-state index contributed by atoms with van der Waals surface area (Å²) in [6.45, 7) is 5.88. The first-order valence-electron chi connectivity index (χ1n) is 9.50. The number of ketones is 2. The number of nitrogens with one attached hydrogen (secondary N) is 1. The number of fused-ring (bicyclic) bond motifs is 2. The Morgan fingerprint density at radius 1 is 1.26 bits per heavy atom. The molecule has 4 rings (SSSR count). The predicted octanol–water partition coefficient (Wildman–Crippen LogP) is 1.85. The molecule has 1 saturated heterocycles. The minimum atomic E-state index is -0.361. The third-order valence-corrected chi connectivity index (χ3v) is 5.68. The van der Waals surface area contributed by atoms with Gasteiger partial charge in [-0.15, -0.1) is 4.68 Å². The number of aromatic nitrogens is 3. The number of nitrogens with zero attached hydrogens (tertiary/aromatic N) is 3. The van der Waals surface area contributed by atoms with Crippen molar-refractivity contribution in [2.24, 2.45) is 5.41 Å². The third kappa shape index (κ3) is 3.16. The van der Waals surface area contributed by atoms with E-state index in [1.54, 1.807) is 24.3 Å². The molecule has 1 aliphatic heterocycles. The van der Waals surface area contributed by atoms with E-state index in [0.29, 0.717) is 34.1 Å². The summed E-state index contributed by atoms with van der Waals surface area (Å²) in [4.78, 5) is 25.8. The molecule has 1 aliphatic carbocycles. The fourth-order valence-electron chi connectivity index (χ4n) is 4.01. The highest BCUT2D eigenvalue weighted by molar-refractivity contribution is 6.26. The Morgan fingerprint density at radius 3 is 2.63 bits per heavy atom. The van der Waals surface area contributed by atoms with Gasteiger partial charge in [0, 0.05) is 33.8 Å². The van der Waals surface area contributed by atoms with E-state index in [4.69, 9.17) is 0 Å². The fraction of sp³-hybridized carbons (Fsp3) is 0.500.